The van der Waals surface area contributed by atoms with Gasteiger partial charge in [-0.15, -0.1) is 0 Å². The second-order valence-corrected chi connectivity index (χ2v) is 9.46. The Kier molecular flexibility index (Phi) is 4.80. The van der Waals surface area contributed by atoms with E-state index in [1.807, 2.05) is 56.6 Å². The second-order valence-electron chi connectivity index (χ2n) is 8.50. The van der Waals surface area contributed by atoms with E-state index in [4.69, 9.17) is 4.98 Å². The highest BCUT2D eigenvalue weighted by Crippen LogP contribution is 2.29. The lowest BCUT2D eigenvalue weighted by Gasteiger charge is -2.19. The van der Waals surface area contributed by atoms with Crippen molar-refractivity contribution in [3.8, 4) is 0 Å². The quantitative estimate of drug-likeness (QED) is 0.371. The molecular formula is C21H24N6O2S. The topological polar surface area (TPSA) is 87.1 Å². The molecule has 0 saturated carbocycles. The zero-order valence-electron chi connectivity index (χ0n) is 17.9. The van der Waals surface area contributed by atoms with Gasteiger partial charge in [0, 0.05) is 37.7 Å². The number of aryl methyl sites for hydroxylation is 2. The first kappa shape index (κ1) is 20.3. The molecule has 0 radical (unpaired) electrons. The molecule has 0 spiro atoms. The summed E-state index contributed by atoms with van der Waals surface area (Å²) in [5.41, 5.74) is 2.14. The smallest absolute Gasteiger partial charge is 0.307 e. The fourth-order valence-corrected chi connectivity index (χ4v) is 4.13. The van der Waals surface area contributed by atoms with E-state index in [1.54, 1.807) is 7.05 Å². The molecule has 156 valence electrons. The zero-order chi connectivity index (χ0) is 21.8. The van der Waals surface area contributed by atoms with Gasteiger partial charge in [0.1, 0.15) is 21.9 Å². The molecule has 4 aromatic rings. The molecule has 0 bridgehead atoms. The van der Waals surface area contributed by atoms with Crippen LogP contribution in [-0.2, 0) is 25.3 Å². The minimum Gasteiger partial charge on any atom is -0.307 e. The van der Waals surface area contributed by atoms with Crippen molar-refractivity contribution in [2.24, 2.45) is 14.1 Å². The van der Waals surface area contributed by atoms with Crippen molar-refractivity contribution in [3.63, 3.8) is 0 Å². The fourth-order valence-electron chi connectivity index (χ4n) is 3.24. The van der Waals surface area contributed by atoms with Crippen molar-refractivity contribution >= 4 is 28.4 Å². The van der Waals surface area contributed by atoms with Gasteiger partial charge >= 0.3 is 5.69 Å². The monoisotopic (exact) mass is 424 g/mol. The van der Waals surface area contributed by atoms with E-state index in [0.29, 0.717) is 27.6 Å². The van der Waals surface area contributed by atoms with Crippen molar-refractivity contribution in [2.45, 2.75) is 43.9 Å². The van der Waals surface area contributed by atoms with Crippen LogP contribution in [0, 0.1) is 6.92 Å². The van der Waals surface area contributed by atoms with Gasteiger partial charge in [0.05, 0.1) is 5.69 Å². The summed E-state index contributed by atoms with van der Waals surface area (Å²) in [6, 6.07) is 4.00. The summed E-state index contributed by atoms with van der Waals surface area (Å²) in [5, 5.41) is 0.923. The predicted octanol–water partition coefficient (Wildman–Crippen LogP) is 2.57. The third-order valence-electron chi connectivity index (χ3n) is 4.94. The molecule has 0 aliphatic heterocycles. The van der Waals surface area contributed by atoms with Crippen LogP contribution in [0.1, 0.15) is 37.9 Å². The summed E-state index contributed by atoms with van der Waals surface area (Å²) in [4.78, 5) is 39.3. The van der Waals surface area contributed by atoms with E-state index in [0.717, 1.165) is 21.5 Å². The van der Waals surface area contributed by atoms with Gasteiger partial charge in [0.2, 0.25) is 0 Å². The van der Waals surface area contributed by atoms with Gasteiger partial charge in [0.15, 0.2) is 5.65 Å². The van der Waals surface area contributed by atoms with Crippen LogP contribution in [0.2, 0.25) is 0 Å². The molecule has 0 aliphatic rings. The third kappa shape index (κ3) is 3.43. The Morgan fingerprint density at radius 2 is 1.73 bits per heavy atom. The van der Waals surface area contributed by atoms with E-state index in [2.05, 4.69) is 9.97 Å². The van der Waals surface area contributed by atoms with Crippen LogP contribution in [0.15, 0.2) is 39.1 Å². The molecule has 9 heteroatoms. The number of imidazole rings is 1. The fraction of sp³-hybridized carbons (Fsp3) is 0.381. The highest BCUT2D eigenvalue weighted by Gasteiger charge is 2.23. The van der Waals surface area contributed by atoms with Crippen LogP contribution in [0.25, 0.3) is 16.7 Å². The molecule has 0 aliphatic carbocycles. The number of pyridine rings is 1. The van der Waals surface area contributed by atoms with E-state index in [9.17, 15) is 9.59 Å². The molecule has 0 fully saturated rings. The van der Waals surface area contributed by atoms with Crippen LogP contribution in [0.5, 0.6) is 0 Å². The van der Waals surface area contributed by atoms with Gasteiger partial charge in [-0.3, -0.25) is 13.9 Å². The van der Waals surface area contributed by atoms with Crippen LogP contribution in [-0.4, -0.2) is 28.5 Å². The Labute approximate surface area is 177 Å². The molecule has 4 heterocycles. The van der Waals surface area contributed by atoms with E-state index < -0.39 is 5.69 Å². The van der Waals surface area contributed by atoms with Gasteiger partial charge in [-0.1, -0.05) is 38.6 Å². The Morgan fingerprint density at radius 1 is 1.00 bits per heavy atom. The average Bonchev–Trinajstić information content (AvgIpc) is 3.09. The lowest BCUT2D eigenvalue weighted by Crippen LogP contribution is -2.38. The Hall–Kier alpha value is -2.94. The van der Waals surface area contributed by atoms with Gasteiger partial charge < -0.3 is 4.40 Å². The number of rotatable bonds is 3. The summed E-state index contributed by atoms with van der Waals surface area (Å²) >= 11 is 1.43. The summed E-state index contributed by atoms with van der Waals surface area (Å²) in [6.45, 7) is 8.06. The van der Waals surface area contributed by atoms with Gasteiger partial charge in [0.25, 0.3) is 5.56 Å². The maximum absolute atomic E-state index is 12.9. The SMILES string of the molecule is Cc1ccc2nc(CSc3nc(C(C)(C)C)nc4c3c(=O)n(C)c(=O)n4C)cn2c1. The summed E-state index contributed by atoms with van der Waals surface area (Å²) in [6.07, 6.45) is 4.01. The first-order valence-corrected chi connectivity index (χ1v) is 10.6. The molecule has 4 aromatic heterocycles. The average molecular weight is 425 g/mol. The number of aromatic nitrogens is 6. The molecule has 0 amide bonds. The number of thioether (sulfide) groups is 1. The van der Waals surface area contributed by atoms with Crippen molar-refractivity contribution < 1.29 is 0 Å². The summed E-state index contributed by atoms with van der Waals surface area (Å²) in [5.74, 6) is 1.13. The van der Waals surface area contributed by atoms with Gasteiger partial charge in [-0.05, 0) is 18.6 Å². The first-order valence-electron chi connectivity index (χ1n) is 9.61. The Morgan fingerprint density at radius 3 is 2.43 bits per heavy atom. The maximum atomic E-state index is 12.9. The maximum Gasteiger partial charge on any atom is 0.332 e. The Balaban J connectivity index is 1.85. The van der Waals surface area contributed by atoms with Crippen molar-refractivity contribution in [2.75, 3.05) is 0 Å². The standard InChI is InChI=1S/C21H24N6O2S/c1-12-7-8-14-22-13(10-27(14)9-12)11-30-17-15-16(23-19(24-17)21(2,3)4)25(5)20(29)26(6)18(15)28/h7-10H,11H2,1-6H3. The Bertz CT molecular complexity index is 1410. The molecular weight excluding hydrogens is 400 g/mol. The van der Waals surface area contributed by atoms with Crippen molar-refractivity contribution in [1.82, 2.24) is 28.5 Å². The normalized spacial score (nSPS) is 12.2. The molecule has 4 rings (SSSR count). The zero-order valence-corrected chi connectivity index (χ0v) is 18.7. The minimum atomic E-state index is -0.405. The number of fused-ring (bicyclic) bond motifs is 2. The molecule has 0 saturated heterocycles. The van der Waals surface area contributed by atoms with E-state index in [1.165, 1.54) is 23.4 Å². The van der Waals surface area contributed by atoms with Crippen LogP contribution < -0.4 is 11.2 Å². The molecule has 8 nitrogen and oxygen atoms in total. The minimum absolute atomic E-state index is 0.332. The number of hydrogen-bond acceptors (Lipinski definition) is 6. The predicted molar refractivity (Wildman–Crippen MR) is 118 cm³/mol. The second kappa shape index (κ2) is 7.09. The number of nitrogens with zero attached hydrogens (tertiary/aromatic N) is 6. The first-order chi connectivity index (χ1) is 14.1. The van der Waals surface area contributed by atoms with E-state index in [-0.39, 0.29) is 11.0 Å². The van der Waals surface area contributed by atoms with E-state index >= 15 is 0 Å². The molecule has 0 unspecified atom stereocenters. The third-order valence-corrected chi connectivity index (χ3v) is 5.95. The lowest BCUT2D eigenvalue weighted by molar-refractivity contribution is 0.539. The van der Waals surface area contributed by atoms with Crippen molar-refractivity contribution in [1.29, 1.82) is 0 Å². The van der Waals surface area contributed by atoms with Crippen LogP contribution in [0.4, 0.5) is 0 Å². The largest absolute Gasteiger partial charge is 0.332 e. The summed E-state index contributed by atoms with van der Waals surface area (Å²) < 4.78 is 4.50. The lowest BCUT2D eigenvalue weighted by atomic mass is 9.96. The summed E-state index contributed by atoms with van der Waals surface area (Å²) in [7, 11) is 3.10. The molecule has 0 atom stereocenters. The van der Waals surface area contributed by atoms with Gasteiger partial charge in [-0.2, -0.15) is 0 Å². The van der Waals surface area contributed by atoms with Crippen molar-refractivity contribution in [3.05, 3.63) is 62.4 Å². The molecule has 30 heavy (non-hydrogen) atoms. The molecule has 0 N–H and O–H groups in total. The highest BCUT2D eigenvalue weighted by atomic mass is 32.2. The molecule has 0 aromatic carbocycles. The van der Waals surface area contributed by atoms with Gasteiger partial charge in [-0.25, -0.2) is 19.7 Å². The van der Waals surface area contributed by atoms with Crippen LogP contribution in [0.3, 0.4) is 0 Å². The highest BCUT2D eigenvalue weighted by molar-refractivity contribution is 7.98. The number of hydrogen-bond donors (Lipinski definition) is 0. The van der Waals surface area contributed by atoms with Crippen LogP contribution >= 0.6 is 11.8 Å².